The quantitative estimate of drug-likeness (QED) is 0.524. The summed E-state index contributed by atoms with van der Waals surface area (Å²) in [6, 6.07) is 2.00. The van der Waals surface area contributed by atoms with Gasteiger partial charge in [-0.25, -0.2) is 5.32 Å². The fraction of sp³-hybridized carbons (Fsp3) is 0.857. The molecule has 0 aromatic carbocycles. The summed E-state index contributed by atoms with van der Waals surface area (Å²) in [4.78, 5) is 0. The van der Waals surface area contributed by atoms with Gasteiger partial charge in [-0.1, -0.05) is 0 Å². The van der Waals surface area contributed by atoms with Crippen molar-refractivity contribution in [3.63, 3.8) is 0 Å². The predicted molar refractivity (Wildman–Crippen MR) is 36.4 cm³/mol. The van der Waals surface area contributed by atoms with Crippen molar-refractivity contribution in [2.75, 3.05) is 13.7 Å². The Morgan fingerprint density at radius 1 is 1.70 bits per heavy atom. The Kier molecular flexibility index (Phi) is 2.67. The lowest BCUT2D eigenvalue weighted by molar-refractivity contribution is 0.0681. The first-order chi connectivity index (χ1) is 4.86. The minimum Gasteiger partial charge on any atom is -0.381 e. The molecule has 0 spiro atoms. The number of methoxy groups -OCH3 is 1. The molecule has 0 N–H and O–H groups in total. The van der Waals surface area contributed by atoms with Crippen molar-refractivity contribution in [1.82, 2.24) is 5.32 Å². The average Bonchev–Trinajstić information content (AvgIpc) is 2.05. The molecule has 1 radical (unpaired) electrons. The summed E-state index contributed by atoms with van der Waals surface area (Å²) in [6.45, 7) is 0.775. The van der Waals surface area contributed by atoms with Crippen LogP contribution in [0.2, 0.25) is 0 Å². The smallest absolute Gasteiger partial charge is 0.114 e. The van der Waals surface area contributed by atoms with Crippen LogP contribution in [0.1, 0.15) is 12.8 Å². The van der Waals surface area contributed by atoms with E-state index < -0.39 is 0 Å². The van der Waals surface area contributed by atoms with Gasteiger partial charge in [-0.15, -0.1) is 0 Å². The second-order valence-corrected chi connectivity index (χ2v) is 2.43. The summed E-state index contributed by atoms with van der Waals surface area (Å²) in [6.07, 6.45) is 1.99. The maximum atomic E-state index is 8.51. The molecule has 2 atom stereocenters. The highest BCUT2D eigenvalue weighted by Gasteiger charge is 2.21. The largest absolute Gasteiger partial charge is 0.381 e. The summed E-state index contributed by atoms with van der Waals surface area (Å²) in [5.41, 5.74) is 0. The van der Waals surface area contributed by atoms with E-state index in [0.717, 1.165) is 19.4 Å². The van der Waals surface area contributed by atoms with Crippen LogP contribution in [0, 0.1) is 11.3 Å². The van der Waals surface area contributed by atoms with Gasteiger partial charge in [0, 0.05) is 20.1 Å². The van der Waals surface area contributed by atoms with Crippen molar-refractivity contribution in [2.24, 2.45) is 0 Å². The Hall–Kier alpha value is -0.590. The van der Waals surface area contributed by atoms with E-state index in [1.807, 2.05) is 0 Å². The van der Waals surface area contributed by atoms with Crippen LogP contribution in [0.15, 0.2) is 0 Å². The minimum atomic E-state index is -0.126. The second-order valence-electron chi connectivity index (χ2n) is 2.43. The molecule has 10 heavy (non-hydrogen) atoms. The Labute approximate surface area is 61.0 Å². The van der Waals surface area contributed by atoms with E-state index in [9.17, 15) is 0 Å². The molecule has 0 amide bonds. The third-order valence-electron chi connectivity index (χ3n) is 1.77. The number of ether oxygens (including phenoxy) is 1. The molecule has 0 aromatic rings. The van der Waals surface area contributed by atoms with Crippen molar-refractivity contribution < 1.29 is 4.74 Å². The van der Waals surface area contributed by atoms with Gasteiger partial charge in [0.2, 0.25) is 0 Å². The number of piperidine rings is 1. The van der Waals surface area contributed by atoms with Crippen molar-refractivity contribution in [2.45, 2.75) is 25.0 Å². The SMILES string of the molecule is COC1CC[N]C(C#N)C1. The van der Waals surface area contributed by atoms with Gasteiger partial charge in [-0.05, 0) is 6.42 Å². The van der Waals surface area contributed by atoms with Crippen LogP contribution in [0.5, 0.6) is 0 Å². The lowest BCUT2D eigenvalue weighted by Crippen LogP contribution is -2.35. The Morgan fingerprint density at radius 3 is 3.10 bits per heavy atom. The molecule has 1 rings (SSSR count). The zero-order valence-corrected chi connectivity index (χ0v) is 6.08. The Morgan fingerprint density at radius 2 is 2.50 bits per heavy atom. The fourth-order valence-electron chi connectivity index (χ4n) is 1.12. The van der Waals surface area contributed by atoms with Crippen molar-refractivity contribution in [3.05, 3.63) is 0 Å². The monoisotopic (exact) mass is 139 g/mol. The molecular formula is C7H11N2O. The summed E-state index contributed by atoms with van der Waals surface area (Å²) in [5, 5.41) is 12.6. The minimum absolute atomic E-state index is 0.126. The highest BCUT2D eigenvalue weighted by molar-refractivity contribution is 4.94. The maximum Gasteiger partial charge on any atom is 0.114 e. The van der Waals surface area contributed by atoms with E-state index in [-0.39, 0.29) is 12.1 Å². The molecule has 1 heterocycles. The number of nitriles is 1. The van der Waals surface area contributed by atoms with Gasteiger partial charge < -0.3 is 4.74 Å². The highest BCUT2D eigenvalue weighted by Crippen LogP contribution is 2.11. The third kappa shape index (κ3) is 1.69. The standard InChI is InChI=1S/C7H11N2O/c1-10-7-2-3-9-6(4-7)5-8/h6-7H,2-4H2,1H3. The molecule has 0 bridgehead atoms. The Bertz CT molecular complexity index is 141. The van der Waals surface area contributed by atoms with E-state index in [2.05, 4.69) is 11.4 Å². The van der Waals surface area contributed by atoms with Crippen LogP contribution in [0.3, 0.4) is 0 Å². The van der Waals surface area contributed by atoms with Crippen LogP contribution in [-0.2, 0) is 4.74 Å². The van der Waals surface area contributed by atoms with E-state index in [1.54, 1.807) is 7.11 Å². The van der Waals surface area contributed by atoms with Crippen LogP contribution >= 0.6 is 0 Å². The van der Waals surface area contributed by atoms with Gasteiger partial charge in [0.05, 0.1) is 12.2 Å². The first-order valence-corrected chi connectivity index (χ1v) is 3.46. The molecule has 1 fully saturated rings. The van der Waals surface area contributed by atoms with Gasteiger partial charge in [0.15, 0.2) is 0 Å². The summed E-state index contributed by atoms with van der Waals surface area (Å²) in [7, 11) is 1.68. The number of hydrogen-bond acceptors (Lipinski definition) is 2. The maximum absolute atomic E-state index is 8.51. The summed E-state index contributed by atoms with van der Waals surface area (Å²) >= 11 is 0. The first-order valence-electron chi connectivity index (χ1n) is 3.46. The first kappa shape index (κ1) is 7.52. The van der Waals surface area contributed by atoms with E-state index in [1.165, 1.54) is 0 Å². The molecule has 1 aliphatic heterocycles. The zero-order valence-electron chi connectivity index (χ0n) is 6.08. The molecule has 1 saturated heterocycles. The van der Waals surface area contributed by atoms with Crippen LogP contribution in [0.25, 0.3) is 0 Å². The van der Waals surface area contributed by atoms with E-state index in [0.29, 0.717) is 0 Å². The van der Waals surface area contributed by atoms with E-state index >= 15 is 0 Å². The number of hydrogen-bond donors (Lipinski definition) is 0. The summed E-state index contributed by atoms with van der Waals surface area (Å²) < 4.78 is 5.11. The van der Waals surface area contributed by atoms with Gasteiger partial charge in [0.1, 0.15) is 6.04 Å². The summed E-state index contributed by atoms with van der Waals surface area (Å²) in [5.74, 6) is 0. The van der Waals surface area contributed by atoms with Crippen molar-refractivity contribution in [1.29, 1.82) is 5.26 Å². The van der Waals surface area contributed by atoms with Gasteiger partial charge in [-0.3, -0.25) is 0 Å². The van der Waals surface area contributed by atoms with Crippen molar-refractivity contribution >= 4 is 0 Å². The molecule has 2 unspecified atom stereocenters. The fourth-order valence-corrected chi connectivity index (χ4v) is 1.12. The van der Waals surface area contributed by atoms with E-state index in [4.69, 9.17) is 10.00 Å². The molecular weight excluding hydrogens is 128 g/mol. The third-order valence-corrected chi connectivity index (χ3v) is 1.77. The van der Waals surface area contributed by atoms with Crippen LogP contribution in [0.4, 0.5) is 0 Å². The molecule has 55 valence electrons. The lowest BCUT2D eigenvalue weighted by Gasteiger charge is -2.23. The topological polar surface area (TPSA) is 47.1 Å². The lowest BCUT2D eigenvalue weighted by atomic mass is 10.0. The second kappa shape index (κ2) is 3.55. The van der Waals surface area contributed by atoms with Crippen LogP contribution < -0.4 is 5.32 Å². The molecule has 0 aliphatic carbocycles. The van der Waals surface area contributed by atoms with Crippen molar-refractivity contribution in [3.8, 4) is 6.07 Å². The molecule has 0 saturated carbocycles. The highest BCUT2D eigenvalue weighted by atomic mass is 16.5. The normalized spacial score (nSPS) is 33.2. The average molecular weight is 139 g/mol. The molecule has 0 aromatic heterocycles. The van der Waals surface area contributed by atoms with Gasteiger partial charge in [0.25, 0.3) is 0 Å². The van der Waals surface area contributed by atoms with Crippen LogP contribution in [-0.4, -0.2) is 25.8 Å². The van der Waals surface area contributed by atoms with Gasteiger partial charge >= 0.3 is 0 Å². The molecule has 1 aliphatic rings. The predicted octanol–water partition coefficient (Wildman–Crippen LogP) is 0.292. The molecule has 3 heteroatoms. The number of rotatable bonds is 1. The van der Waals surface area contributed by atoms with Gasteiger partial charge in [-0.2, -0.15) is 5.26 Å². The molecule has 3 nitrogen and oxygen atoms in total. The Balaban J connectivity index is 2.33. The zero-order chi connectivity index (χ0) is 7.40. The number of nitrogens with zero attached hydrogens (tertiary/aromatic N) is 2.